The Bertz CT molecular complexity index is 601. The second-order valence-corrected chi connectivity index (χ2v) is 5.48. The maximum Gasteiger partial charge on any atom is 0.415 e. The lowest BCUT2D eigenvalue weighted by molar-refractivity contribution is -0.124. The summed E-state index contributed by atoms with van der Waals surface area (Å²) in [4.78, 5) is 24.0. The van der Waals surface area contributed by atoms with Crippen LogP contribution in [0.1, 0.15) is 24.3 Å². The van der Waals surface area contributed by atoms with Crippen LogP contribution >= 0.6 is 0 Å². The van der Waals surface area contributed by atoms with Gasteiger partial charge in [0.25, 0.3) is 5.91 Å². The number of amides is 2. The largest absolute Gasteiger partial charge is 0.434 e. The van der Waals surface area contributed by atoms with Crippen molar-refractivity contribution in [3.05, 3.63) is 29.6 Å². The molecule has 2 fully saturated rings. The normalized spacial score (nSPS) is 22.7. The highest BCUT2D eigenvalue weighted by atomic mass is 19.1. The molecule has 0 spiro atoms. The van der Waals surface area contributed by atoms with Gasteiger partial charge in [0, 0.05) is 13.2 Å². The van der Waals surface area contributed by atoms with Crippen molar-refractivity contribution in [1.82, 2.24) is 0 Å². The first kappa shape index (κ1) is 14.8. The van der Waals surface area contributed by atoms with Crippen LogP contribution in [0.4, 0.5) is 14.9 Å². The molecule has 7 heteroatoms. The van der Waals surface area contributed by atoms with Gasteiger partial charge in [0.15, 0.2) is 6.10 Å². The van der Waals surface area contributed by atoms with Crippen LogP contribution in [0.25, 0.3) is 0 Å². The third kappa shape index (κ3) is 2.76. The molecule has 0 saturated carbocycles. The molecule has 6 nitrogen and oxygen atoms in total. The van der Waals surface area contributed by atoms with Gasteiger partial charge in [0.1, 0.15) is 5.82 Å². The Labute approximate surface area is 127 Å². The van der Waals surface area contributed by atoms with E-state index in [2.05, 4.69) is 0 Å². The maximum absolute atomic E-state index is 14.4. The van der Waals surface area contributed by atoms with Gasteiger partial charge < -0.3 is 15.2 Å². The molecule has 2 amide bonds. The van der Waals surface area contributed by atoms with E-state index in [0.29, 0.717) is 24.5 Å². The molecular weight excluding hydrogens is 291 g/mol. The summed E-state index contributed by atoms with van der Waals surface area (Å²) in [6.45, 7) is 1.26. The van der Waals surface area contributed by atoms with Gasteiger partial charge in [-0.2, -0.15) is 0 Å². The van der Waals surface area contributed by atoms with Crippen molar-refractivity contribution >= 4 is 17.7 Å². The number of carbonyl (C=O) groups excluding carboxylic acids is 2. The second-order valence-electron chi connectivity index (χ2n) is 5.48. The van der Waals surface area contributed by atoms with E-state index in [1.807, 2.05) is 0 Å². The zero-order valence-electron chi connectivity index (χ0n) is 12.0. The van der Waals surface area contributed by atoms with Crippen molar-refractivity contribution in [1.29, 1.82) is 0 Å². The van der Waals surface area contributed by atoms with Crippen molar-refractivity contribution in [2.75, 3.05) is 24.7 Å². The highest BCUT2D eigenvalue weighted by molar-refractivity contribution is 5.95. The van der Waals surface area contributed by atoms with Gasteiger partial charge in [-0.3, -0.25) is 9.69 Å². The van der Waals surface area contributed by atoms with E-state index in [0.717, 1.165) is 12.8 Å². The summed E-state index contributed by atoms with van der Waals surface area (Å²) in [5, 5.41) is 0. The van der Waals surface area contributed by atoms with E-state index < -0.39 is 18.1 Å². The number of rotatable bonds is 3. The van der Waals surface area contributed by atoms with Crippen molar-refractivity contribution in [3.63, 3.8) is 0 Å². The van der Waals surface area contributed by atoms with Crippen molar-refractivity contribution in [2.45, 2.75) is 24.9 Å². The summed E-state index contributed by atoms with van der Waals surface area (Å²) >= 11 is 0. The van der Waals surface area contributed by atoms with E-state index in [1.54, 1.807) is 12.1 Å². The molecule has 0 aliphatic carbocycles. The lowest BCUT2D eigenvalue weighted by atomic mass is 9.91. The minimum absolute atomic E-state index is 0.00419. The number of carbonyl (C=O) groups is 2. The van der Waals surface area contributed by atoms with Crippen LogP contribution in [-0.2, 0) is 14.3 Å². The third-order valence-electron chi connectivity index (χ3n) is 4.09. The fourth-order valence-corrected chi connectivity index (χ4v) is 2.85. The molecule has 0 bridgehead atoms. The minimum atomic E-state index is -0.995. The molecule has 2 N–H and O–H groups in total. The Balaban J connectivity index is 1.80. The number of anilines is 1. The first-order chi connectivity index (χ1) is 10.6. The number of hydrogen-bond donors (Lipinski definition) is 1. The fraction of sp³-hybridized carbons (Fsp3) is 0.467. The molecule has 2 heterocycles. The Morgan fingerprint density at radius 3 is 2.64 bits per heavy atom. The SMILES string of the molecule is NC(=O)[C@H]1CN(c2ccc(C3CCOCC3)c(F)c2)C(=O)O1. The molecule has 3 rings (SSSR count). The monoisotopic (exact) mass is 308 g/mol. The summed E-state index contributed by atoms with van der Waals surface area (Å²) in [6, 6.07) is 4.65. The molecule has 118 valence electrons. The number of nitrogens with two attached hydrogens (primary N) is 1. The van der Waals surface area contributed by atoms with Gasteiger partial charge in [-0.15, -0.1) is 0 Å². The topological polar surface area (TPSA) is 81.9 Å². The summed E-state index contributed by atoms with van der Waals surface area (Å²) in [5.74, 6) is -0.943. The minimum Gasteiger partial charge on any atom is -0.434 e. The van der Waals surface area contributed by atoms with Crippen molar-refractivity contribution in [3.8, 4) is 0 Å². The molecule has 0 radical (unpaired) electrons. The van der Waals surface area contributed by atoms with E-state index in [1.165, 1.54) is 11.0 Å². The maximum atomic E-state index is 14.4. The lowest BCUT2D eigenvalue weighted by Crippen LogP contribution is -2.32. The van der Waals surface area contributed by atoms with Gasteiger partial charge >= 0.3 is 6.09 Å². The van der Waals surface area contributed by atoms with Crippen LogP contribution in [0, 0.1) is 5.82 Å². The zero-order valence-corrected chi connectivity index (χ0v) is 12.0. The summed E-state index contributed by atoms with van der Waals surface area (Å²) in [5.41, 5.74) is 6.12. The molecule has 22 heavy (non-hydrogen) atoms. The molecule has 1 atom stereocenters. The fourth-order valence-electron chi connectivity index (χ4n) is 2.85. The highest BCUT2D eigenvalue weighted by Crippen LogP contribution is 2.32. The summed E-state index contributed by atoms with van der Waals surface area (Å²) < 4.78 is 24.5. The average molecular weight is 308 g/mol. The Morgan fingerprint density at radius 2 is 2.05 bits per heavy atom. The van der Waals surface area contributed by atoms with Crippen LogP contribution in [-0.4, -0.2) is 37.9 Å². The van der Waals surface area contributed by atoms with Crippen LogP contribution in [0.2, 0.25) is 0 Å². The molecule has 1 aromatic rings. The molecule has 2 aliphatic rings. The Morgan fingerprint density at radius 1 is 1.32 bits per heavy atom. The van der Waals surface area contributed by atoms with Gasteiger partial charge in [0.05, 0.1) is 12.2 Å². The molecule has 1 aromatic carbocycles. The van der Waals surface area contributed by atoms with Gasteiger partial charge in [-0.25, -0.2) is 9.18 Å². The predicted molar refractivity (Wildman–Crippen MR) is 76.0 cm³/mol. The van der Waals surface area contributed by atoms with Crippen LogP contribution in [0.5, 0.6) is 0 Å². The lowest BCUT2D eigenvalue weighted by Gasteiger charge is -2.23. The Kier molecular flexibility index (Phi) is 3.98. The number of ether oxygens (including phenoxy) is 2. The van der Waals surface area contributed by atoms with Crippen LogP contribution < -0.4 is 10.6 Å². The molecule has 2 saturated heterocycles. The number of benzene rings is 1. The summed E-state index contributed by atoms with van der Waals surface area (Å²) in [6.07, 6.45) is -0.120. The standard InChI is InChI=1S/C15H17FN2O4/c16-12-7-10(18-8-13(14(17)19)22-15(18)20)1-2-11(12)9-3-5-21-6-4-9/h1-2,7,9,13H,3-6,8H2,(H2,17,19)/t13-/m1/s1. The van der Waals surface area contributed by atoms with Crippen LogP contribution in [0.15, 0.2) is 18.2 Å². The molecule has 0 aromatic heterocycles. The number of cyclic esters (lactones) is 1. The molecule has 0 unspecified atom stereocenters. The van der Waals surface area contributed by atoms with Crippen molar-refractivity contribution < 1.29 is 23.5 Å². The number of hydrogen-bond acceptors (Lipinski definition) is 4. The number of nitrogens with zero attached hydrogens (tertiary/aromatic N) is 1. The first-order valence-corrected chi connectivity index (χ1v) is 7.21. The second kappa shape index (κ2) is 5.92. The zero-order chi connectivity index (χ0) is 15.7. The summed E-state index contributed by atoms with van der Waals surface area (Å²) in [7, 11) is 0. The first-order valence-electron chi connectivity index (χ1n) is 7.21. The van der Waals surface area contributed by atoms with E-state index in [4.69, 9.17) is 15.2 Å². The van der Waals surface area contributed by atoms with E-state index in [9.17, 15) is 14.0 Å². The van der Waals surface area contributed by atoms with Crippen LogP contribution in [0.3, 0.4) is 0 Å². The van der Waals surface area contributed by atoms with Gasteiger partial charge in [-0.1, -0.05) is 6.07 Å². The Hall–Kier alpha value is -2.15. The van der Waals surface area contributed by atoms with Gasteiger partial charge in [-0.05, 0) is 36.5 Å². The van der Waals surface area contributed by atoms with E-state index >= 15 is 0 Å². The third-order valence-corrected chi connectivity index (χ3v) is 4.09. The van der Waals surface area contributed by atoms with Crippen molar-refractivity contribution in [2.24, 2.45) is 5.73 Å². The molecule has 2 aliphatic heterocycles. The quantitative estimate of drug-likeness (QED) is 0.918. The predicted octanol–water partition coefficient (Wildman–Crippen LogP) is 1.53. The number of primary amides is 1. The average Bonchev–Trinajstić information content (AvgIpc) is 2.90. The molecular formula is C15H17FN2O4. The van der Waals surface area contributed by atoms with Gasteiger partial charge in [0.2, 0.25) is 0 Å². The van der Waals surface area contributed by atoms with E-state index in [-0.39, 0.29) is 18.3 Å². The smallest absolute Gasteiger partial charge is 0.415 e. The number of halogens is 1. The highest BCUT2D eigenvalue weighted by Gasteiger charge is 2.36.